The molecule has 0 unspecified atom stereocenters. The molecule has 0 heterocycles. The minimum absolute atomic E-state index is 0.137. The van der Waals surface area contributed by atoms with Crippen LogP contribution in [-0.4, -0.2) is 50.8 Å². The van der Waals surface area contributed by atoms with Crippen molar-refractivity contribution < 1.29 is 19.1 Å². The summed E-state index contributed by atoms with van der Waals surface area (Å²) in [7, 11) is 1.34. The molecule has 0 spiro atoms. The SMILES string of the molecule is CCCCCCCCCCCCCCCCCCNC(=O)NCCCC[C@H](NC(=O)NCCCCCCCCCCCCCCCCCC)C(=O)OC. The molecule has 0 aliphatic carbocycles. The van der Waals surface area contributed by atoms with Gasteiger partial charge in [-0.2, -0.15) is 0 Å². The van der Waals surface area contributed by atoms with Gasteiger partial charge in [0.15, 0.2) is 0 Å². The third-order valence-electron chi connectivity index (χ3n) is 10.6. The first-order valence-corrected chi connectivity index (χ1v) is 23.2. The number of esters is 1. The molecule has 0 saturated heterocycles. The van der Waals surface area contributed by atoms with E-state index in [2.05, 4.69) is 35.1 Å². The molecule has 8 heteroatoms. The maximum Gasteiger partial charge on any atom is 0.328 e. The highest BCUT2D eigenvalue weighted by Crippen LogP contribution is 2.15. The van der Waals surface area contributed by atoms with E-state index < -0.39 is 12.0 Å². The minimum atomic E-state index is -0.686. The van der Waals surface area contributed by atoms with Gasteiger partial charge < -0.3 is 26.0 Å². The Bertz CT molecular complexity index is 796. The molecule has 0 aliphatic rings. The van der Waals surface area contributed by atoms with E-state index in [0.717, 1.165) is 32.1 Å². The monoisotopic (exact) mass is 751 g/mol. The van der Waals surface area contributed by atoms with Gasteiger partial charge >= 0.3 is 18.0 Å². The largest absolute Gasteiger partial charge is 0.467 e. The van der Waals surface area contributed by atoms with Crippen LogP contribution in [0.5, 0.6) is 0 Å². The lowest BCUT2D eigenvalue weighted by molar-refractivity contribution is -0.143. The molecule has 0 radical (unpaired) electrons. The summed E-state index contributed by atoms with van der Waals surface area (Å²) in [4.78, 5) is 36.8. The second-order valence-corrected chi connectivity index (χ2v) is 15.8. The quantitative estimate of drug-likeness (QED) is 0.0368. The average molecular weight is 751 g/mol. The predicted molar refractivity (Wildman–Crippen MR) is 227 cm³/mol. The van der Waals surface area contributed by atoms with Gasteiger partial charge in [-0.05, 0) is 32.1 Å². The Morgan fingerprint density at radius 1 is 0.377 bits per heavy atom. The van der Waals surface area contributed by atoms with Crippen molar-refractivity contribution in [2.75, 3.05) is 26.7 Å². The number of nitrogens with one attached hydrogen (secondary N) is 4. The van der Waals surface area contributed by atoms with E-state index in [1.807, 2.05) is 0 Å². The van der Waals surface area contributed by atoms with Gasteiger partial charge in [0.2, 0.25) is 0 Å². The molecule has 53 heavy (non-hydrogen) atoms. The number of carbonyl (C=O) groups is 3. The zero-order valence-electron chi connectivity index (χ0n) is 35.6. The second kappa shape index (κ2) is 42.7. The maximum atomic E-state index is 12.4. The Labute approximate surface area is 329 Å². The third-order valence-corrected chi connectivity index (χ3v) is 10.6. The fraction of sp³-hybridized carbons (Fsp3) is 0.933. The van der Waals surface area contributed by atoms with Crippen LogP contribution >= 0.6 is 0 Å². The summed E-state index contributed by atoms with van der Waals surface area (Å²) in [6.07, 6.45) is 44.5. The summed E-state index contributed by atoms with van der Waals surface area (Å²) in [6, 6.07) is -1.15. The Morgan fingerprint density at radius 2 is 0.642 bits per heavy atom. The van der Waals surface area contributed by atoms with E-state index >= 15 is 0 Å². The van der Waals surface area contributed by atoms with Crippen molar-refractivity contribution >= 4 is 18.0 Å². The molecule has 0 saturated carbocycles. The van der Waals surface area contributed by atoms with Gasteiger partial charge in [0.05, 0.1) is 7.11 Å². The van der Waals surface area contributed by atoms with Gasteiger partial charge in [0, 0.05) is 19.6 Å². The molecule has 0 fully saturated rings. The molecule has 8 nitrogen and oxygen atoms in total. The fourth-order valence-electron chi connectivity index (χ4n) is 7.09. The van der Waals surface area contributed by atoms with Crippen LogP contribution in [0, 0.1) is 0 Å². The van der Waals surface area contributed by atoms with Crippen molar-refractivity contribution in [3.63, 3.8) is 0 Å². The number of hydrogen-bond donors (Lipinski definition) is 4. The Morgan fingerprint density at radius 3 is 0.943 bits per heavy atom. The lowest BCUT2D eigenvalue weighted by atomic mass is 10.0. The summed E-state index contributed by atoms with van der Waals surface area (Å²) in [5.74, 6) is -0.438. The van der Waals surface area contributed by atoms with E-state index in [1.165, 1.54) is 187 Å². The van der Waals surface area contributed by atoms with Gasteiger partial charge in [0.1, 0.15) is 6.04 Å². The number of hydrogen-bond acceptors (Lipinski definition) is 4. The normalized spacial score (nSPS) is 11.7. The molecule has 0 aromatic carbocycles. The summed E-state index contributed by atoms with van der Waals surface area (Å²) < 4.78 is 4.91. The van der Waals surface area contributed by atoms with Crippen molar-refractivity contribution in [3.05, 3.63) is 0 Å². The number of carbonyl (C=O) groups excluding carboxylic acids is 3. The standard InChI is InChI=1S/C45H90N4O4/c1-4-6-8-10-12-14-16-18-20-22-24-26-28-30-32-35-39-46-44(51)47-41-37-34-38-42(43(50)53-3)49-45(52)48-40-36-33-31-29-27-25-23-21-19-17-15-13-11-9-7-5-2/h42H,4-41H2,1-3H3,(H2,46,47,51)(H2,48,49,52)/t42-/m0/s1. The van der Waals surface area contributed by atoms with Crippen LogP contribution < -0.4 is 21.3 Å². The topological polar surface area (TPSA) is 109 Å². The highest BCUT2D eigenvalue weighted by atomic mass is 16.5. The molecule has 0 aromatic rings. The zero-order valence-corrected chi connectivity index (χ0v) is 35.6. The lowest BCUT2D eigenvalue weighted by Gasteiger charge is -2.17. The van der Waals surface area contributed by atoms with Crippen molar-refractivity contribution in [3.8, 4) is 0 Å². The van der Waals surface area contributed by atoms with Crippen LogP contribution in [0.15, 0.2) is 0 Å². The van der Waals surface area contributed by atoms with Crippen LogP contribution in [0.25, 0.3) is 0 Å². The molecule has 0 aromatic heterocycles. The van der Waals surface area contributed by atoms with Gasteiger partial charge in [-0.15, -0.1) is 0 Å². The van der Waals surface area contributed by atoms with Gasteiger partial charge in [-0.1, -0.05) is 206 Å². The molecule has 0 aliphatic heterocycles. The number of methoxy groups -OCH3 is 1. The third kappa shape index (κ3) is 39.5. The maximum absolute atomic E-state index is 12.4. The molecule has 0 bridgehead atoms. The Kier molecular flexibility index (Phi) is 41.1. The van der Waals surface area contributed by atoms with E-state index in [4.69, 9.17) is 4.74 Å². The van der Waals surface area contributed by atoms with E-state index in [0.29, 0.717) is 32.5 Å². The molecule has 314 valence electrons. The Balaban J connectivity index is 3.63. The predicted octanol–water partition coefficient (Wildman–Crippen LogP) is 12.8. The highest BCUT2D eigenvalue weighted by Gasteiger charge is 2.20. The van der Waals surface area contributed by atoms with Crippen molar-refractivity contribution in [1.82, 2.24) is 21.3 Å². The van der Waals surface area contributed by atoms with Crippen LogP contribution in [0.3, 0.4) is 0 Å². The number of ether oxygens (including phenoxy) is 1. The Hall–Kier alpha value is -1.99. The van der Waals surface area contributed by atoms with Crippen LogP contribution in [0.4, 0.5) is 9.59 Å². The number of rotatable bonds is 41. The second-order valence-electron chi connectivity index (χ2n) is 15.8. The summed E-state index contributed by atoms with van der Waals surface area (Å²) in [6.45, 7) is 6.40. The van der Waals surface area contributed by atoms with Crippen LogP contribution in [0.2, 0.25) is 0 Å². The van der Waals surface area contributed by atoms with Crippen LogP contribution in [-0.2, 0) is 9.53 Å². The first-order chi connectivity index (χ1) is 26.0. The van der Waals surface area contributed by atoms with Crippen molar-refractivity contribution in [2.45, 2.75) is 245 Å². The van der Waals surface area contributed by atoms with E-state index in [1.54, 1.807) is 0 Å². The van der Waals surface area contributed by atoms with E-state index in [-0.39, 0.29) is 12.1 Å². The summed E-state index contributed by atoms with van der Waals surface area (Å²) in [5.41, 5.74) is 0. The smallest absolute Gasteiger partial charge is 0.328 e. The fourth-order valence-corrected chi connectivity index (χ4v) is 7.09. The van der Waals surface area contributed by atoms with Gasteiger partial charge in [-0.3, -0.25) is 0 Å². The zero-order chi connectivity index (χ0) is 38.7. The van der Waals surface area contributed by atoms with Gasteiger partial charge in [-0.25, -0.2) is 14.4 Å². The highest BCUT2D eigenvalue weighted by molar-refractivity contribution is 5.83. The molecule has 1 atom stereocenters. The number of amides is 4. The van der Waals surface area contributed by atoms with Crippen molar-refractivity contribution in [1.29, 1.82) is 0 Å². The molecule has 4 N–H and O–H groups in total. The molecule has 4 amide bonds. The van der Waals surface area contributed by atoms with Gasteiger partial charge in [0.25, 0.3) is 0 Å². The van der Waals surface area contributed by atoms with E-state index in [9.17, 15) is 14.4 Å². The molecular weight excluding hydrogens is 661 g/mol. The first kappa shape index (κ1) is 51.0. The van der Waals surface area contributed by atoms with Crippen molar-refractivity contribution in [2.24, 2.45) is 0 Å². The summed E-state index contributed by atoms with van der Waals surface area (Å²) in [5, 5.41) is 11.5. The number of urea groups is 2. The minimum Gasteiger partial charge on any atom is -0.467 e. The first-order valence-electron chi connectivity index (χ1n) is 23.2. The molecule has 0 rings (SSSR count). The van der Waals surface area contributed by atoms with Crippen LogP contribution in [0.1, 0.15) is 239 Å². The summed E-state index contributed by atoms with van der Waals surface area (Å²) >= 11 is 0. The number of unbranched alkanes of at least 4 members (excludes halogenated alkanes) is 31. The average Bonchev–Trinajstić information content (AvgIpc) is 3.16. The lowest BCUT2D eigenvalue weighted by Crippen LogP contribution is -2.46. The molecular formula is C45H90N4O4.